The number of aromatic carboxylic acids is 1. The van der Waals surface area contributed by atoms with Crippen LogP contribution >= 0.6 is 0 Å². The molecule has 0 aromatic carbocycles. The average Bonchev–Trinajstić information content (AvgIpc) is 2.89. The predicted octanol–water partition coefficient (Wildman–Crippen LogP) is 1.79. The SMILES string of the molecule is CCN(Cc1ccco1)c1cncc(C(=O)O)n1. The number of carboxylic acids is 1. The van der Waals surface area contributed by atoms with Crippen LogP contribution in [0.2, 0.25) is 0 Å². The molecule has 0 spiro atoms. The minimum absolute atomic E-state index is 0.0644. The van der Waals surface area contributed by atoms with Crippen molar-refractivity contribution in [2.75, 3.05) is 11.4 Å². The van der Waals surface area contributed by atoms with Crippen molar-refractivity contribution in [2.24, 2.45) is 0 Å². The van der Waals surface area contributed by atoms with Crippen LogP contribution < -0.4 is 4.90 Å². The summed E-state index contributed by atoms with van der Waals surface area (Å²) in [5, 5.41) is 8.88. The zero-order valence-electron chi connectivity index (χ0n) is 9.91. The van der Waals surface area contributed by atoms with Crippen LogP contribution in [-0.2, 0) is 6.54 Å². The van der Waals surface area contributed by atoms with Gasteiger partial charge in [0.15, 0.2) is 5.69 Å². The van der Waals surface area contributed by atoms with Crippen molar-refractivity contribution >= 4 is 11.8 Å². The number of aromatic nitrogens is 2. The van der Waals surface area contributed by atoms with Gasteiger partial charge in [0.05, 0.1) is 25.2 Å². The molecule has 0 unspecified atom stereocenters. The summed E-state index contributed by atoms with van der Waals surface area (Å²) in [7, 11) is 0. The van der Waals surface area contributed by atoms with E-state index in [0.717, 1.165) is 5.76 Å². The Labute approximate surface area is 104 Å². The van der Waals surface area contributed by atoms with E-state index in [1.165, 1.54) is 6.20 Å². The summed E-state index contributed by atoms with van der Waals surface area (Å²) >= 11 is 0. The van der Waals surface area contributed by atoms with Gasteiger partial charge in [0.2, 0.25) is 0 Å². The average molecular weight is 247 g/mol. The molecule has 2 rings (SSSR count). The molecule has 6 heteroatoms. The number of nitrogens with zero attached hydrogens (tertiary/aromatic N) is 3. The van der Waals surface area contributed by atoms with E-state index in [-0.39, 0.29) is 5.69 Å². The summed E-state index contributed by atoms with van der Waals surface area (Å²) in [5.41, 5.74) is -0.0644. The first-order valence-corrected chi connectivity index (χ1v) is 5.53. The highest BCUT2D eigenvalue weighted by atomic mass is 16.4. The van der Waals surface area contributed by atoms with Crippen molar-refractivity contribution in [2.45, 2.75) is 13.5 Å². The first-order chi connectivity index (χ1) is 8.70. The summed E-state index contributed by atoms with van der Waals surface area (Å²) < 4.78 is 5.26. The molecule has 2 heterocycles. The fourth-order valence-electron chi connectivity index (χ4n) is 1.56. The van der Waals surface area contributed by atoms with E-state index in [9.17, 15) is 4.79 Å². The summed E-state index contributed by atoms with van der Waals surface area (Å²) in [6, 6.07) is 3.67. The molecule has 0 saturated heterocycles. The van der Waals surface area contributed by atoms with E-state index in [0.29, 0.717) is 18.9 Å². The Morgan fingerprint density at radius 2 is 2.33 bits per heavy atom. The number of carbonyl (C=O) groups is 1. The van der Waals surface area contributed by atoms with Crippen LogP contribution in [0.5, 0.6) is 0 Å². The third-order valence-corrected chi connectivity index (χ3v) is 2.47. The van der Waals surface area contributed by atoms with E-state index in [1.807, 2.05) is 24.0 Å². The van der Waals surface area contributed by atoms with E-state index < -0.39 is 5.97 Å². The molecule has 0 bridgehead atoms. The van der Waals surface area contributed by atoms with Gasteiger partial charge in [0.1, 0.15) is 11.6 Å². The first-order valence-electron chi connectivity index (χ1n) is 5.53. The molecule has 0 fully saturated rings. The molecule has 94 valence electrons. The molecular formula is C12H13N3O3. The van der Waals surface area contributed by atoms with Crippen molar-refractivity contribution in [3.05, 3.63) is 42.2 Å². The Bertz CT molecular complexity index is 525. The molecule has 2 aromatic rings. The molecule has 0 aliphatic rings. The first kappa shape index (κ1) is 12.1. The van der Waals surface area contributed by atoms with Gasteiger partial charge in [-0.05, 0) is 19.1 Å². The van der Waals surface area contributed by atoms with Gasteiger partial charge in [0.25, 0.3) is 0 Å². The fourth-order valence-corrected chi connectivity index (χ4v) is 1.56. The molecule has 18 heavy (non-hydrogen) atoms. The highest BCUT2D eigenvalue weighted by molar-refractivity contribution is 5.85. The molecule has 0 saturated carbocycles. The minimum atomic E-state index is -1.08. The maximum absolute atomic E-state index is 10.8. The Morgan fingerprint density at radius 3 is 2.94 bits per heavy atom. The van der Waals surface area contributed by atoms with Gasteiger partial charge >= 0.3 is 5.97 Å². The fraction of sp³-hybridized carbons (Fsp3) is 0.250. The molecule has 0 atom stereocenters. The molecule has 1 N–H and O–H groups in total. The van der Waals surface area contributed by atoms with Crippen LogP contribution in [0.3, 0.4) is 0 Å². The third kappa shape index (κ3) is 2.65. The van der Waals surface area contributed by atoms with Crippen molar-refractivity contribution in [3.63, 3.8) is 0 Å². The zero-order valence-corrected chi connectivity index (χ0v) is 9.91. The van der Waals surface area contributed by atoms with Crippen LogP contribution in [-0.4, -0.2) is 27.6 Å². The van der Waals surface area contributed by atoms with Gasteiger partial charge in [-0.25, -0.2) is 9.78 Å². The minimum Gasteiger partial charge on any atom is -0.476 e. The van der Waals surface area contributed by atoms with Crippen LogP contribution in [0.1, 0.15) is 23.2 Å². The second kappa shape index (κ2) is 5.31. The summed E-state index contributed by atoms with van der Waals surface area (Å²) in [5.74, 6) is 0.228. The lowest BCUT2D eigenvalue weighted by atomic mass is 10.3. The summed E-state index contributed by atoms with van der Waals surface area (Å²) in [4.78, 5) is 20.7. The van der Waals surface area contributed by atoms with Crippen molar-refractivity contribution in [3.8, 4) is 0 Å². The van der Waals surface area contributed by atoms with Gasteiger partial charge in [0, 0.05) is 6.54 Å². The van der Waals surface area contributed by atoms with E-state index in [2.05, 4.69) is 9.97 Å². The highest BCUT2D eigenvalue weighted by Crippen LogP contribution is 2.14. The zero-order chi connectivity index (χ0) is 13.0. The smallest absolute Gasteiger partial charge is 0.356 e. The van der Waals surface area contributed by atoms with Gasteiger partial charge in [-0.1, -0.05) is 0 Å². The maximum Gasteiger partial charge on any atom is 0.356 e. The Balaban J connectivity index is 2.21. The molecule has 2 aromatic heterocycles. The molecule has 0 radical (unpaired) electrons. The number of rotatable bonds is 5. The molecule has 0 amide bonds. The second-order valence-corrected chi connectivity index (χ2v) is 3.66. The van der Waals surface area contributed by atoms with Crippen LogP contribution in [0.15, 0.2) is 35.2 Å². The quantitative estimate of drug-likeness (QED) is 0.867. The monoisotopic (exact) mass is 247 g/mol. The van der Waals surface area contributed by atoms with Crippen molar-refractivity contribution < 1.29 is 14.3 Å². The number of hydrogen-bond acceptors (Lipinski definition) is 5. The van der Waals surface area contributed by atoms with Crippen LogP contribution in [0.25, 0.3) is 0 Å². The third-order valence-electron chi connectivity index (χ3n) is 2.47. The van der Waals surface area contributed by atoms with E-state index >= 15 is 0 Å². The summed E-state index contributed by atoms with van der Waals surface area (Å²) in [6.45, 7) is 3.16. The van der Waals surface area contributed by atoms with Gasteiger partial charge in [-0.2, -0.15) is 0 Å². The van der Waals surface area contributed by atoms with Crippen molar-refractivity contribution in [1.29, 1.82) is 0 Å². The van der Waals surface area contributed by atoms with Crippen molar-refractivity contribution in [1.82, 2.24) is 9.97 Å². The Kier molecular flexibility index (Phi) is 3.57. The van der Waals surface area contributed by atoms with E-state index in [1.54, 1.807) is 12.5 Å². The Morgan fingerprint density at radius 1 is 1.50 bits per heavy atom. The van der Waals surface area contributed by atoms with Gasteiger partial charge < -0.3 is 14.4 Å². The molecular weight excluding hydrogens is 234 g/mol. The number of hydrogen-bond donors (Lipinski definition) is 1. The lowest BCUT2D eigenvalue weighted by Crippen LogP contribution is -2.23. The van der Waals surface area contributed by atoms with Crippen LogP contribution in [0.4, 0.5) is 5.82 Å². The second-order valence-electron chi connectivity index (χ2n) is 3.66. The largest absolute Gasteiger partial charge is 0.476 e. The Hall–Kier alpha value is -2.37. The number of furan rings is 1. The van der Waals surface area contributed by atoms with Crippen LogP contribution in [0, 0.1) is 0 Å². The van der Waals surface area contributed by atoms with Gasteiger partial charge in [-0.15, -0.1) is 0 Å². The molecule has 6 nitrogen and oxygen atoms in total. The topological polar surface area (TPSA) is 79.5 Å². The standard InChI is InChI=1S/C12H13N3O3/c1-2-15(8-9-4-3-5-18-9)11-7-13-6-10(14-11)12(16)17/h3-7H,2,8H2,1H3,(H,16,17). The number of anilines is 1. The summed E-state index contributed by atoms with van der Waals surface area (Å²) in [6.07, 6.45) is 4.37. The normalized spacial score (nSPS) is 10.3. The molecule has 0 aliphatic heterocycles. The van der Waals surface area contributed by atoms with Gasteiger partial charge in [-0.3, -0.25) is 4.98 Å². The lowest BCUT2D eigenvalue weighted by Gasteiger charge is -2.20. The molecule has 0 aliphatic carbocycles. The lowest BCUT2D eigenvalue weighted by molar-refractivity contribution is 0.0690. The highest BCUT2D eigenvalue weighted by Gasteiger charge is 2.12. The maximum atomic E-state index is 10.8. The predicted molar refractivity (Wildman–Crippen MR) is 64.4 cm³/mol. The van der Waals surface area contributed by atoms with E-state index in [4.69, 9.17) is 9.52 Å². The number of carboxylic acid groups (broad SMARTS) is 1.